The van der Waals surface area contributed by atoms with Crippen LogP contribution >= 0.6 is 11.8 Å². The molecule has 6 heteroatoms. The number of nitrogens with one attached hydrogen (secondary N) is 1. The molecule has 1 heterocycles. The summed E-state index contributed by atoms with van der Waals surface area (Å²) in [4.78, 5) is 13.9. The third kappa shape index (κ3) is 4.29. The Labute approximate surface area is 167 Å². The number of carbonyl (C=O) groups is 1. The molecular weight excluding hydrogens is 368 g/mol. The Kier molecular flexibility index (Phi) is 5.49. The van der Waals surface area contributed by atoms with E-state index in [0.29, 0.717) is 17.3 Å². The second-order valence-corrected chi connectivity index (χ2v) is 7.18. The van der Waals surface area contributed by atoms with Gasteiger partial charge in [0.2, 0.25) is 0 Å². The zero-order chi connectivity index (χ0) is 19.2. The van der Waals surface area contributed by atoms with Gasteiger partial charge in [0.25, 0.3) is 5.91 Å². The molecule has 0 fully saturated rings. The van der Waals surface area contributed by atoms with Gasteiger partial charge in [0.1, 0.15) is 5.03 Å². The summed E-state index contributed by atoms with van der Waals surface area (Å²) in [5.41, 5.74) is 2.13. The molecule has 1 amide bonds. The molecular formula is C22H18N4OS. The highest BCUT2D eigenvalue weighted by Gasteiger charge is 2.21. The topological polar surface area (TPSA) is 59.8 Å². The molecule has 5 nitrogen and oxygen atoms in total. The van der Waals surface area contributed by atoms with Crippen LogP contribution < -0.4 is 5.32 Å². The fourth-order valence-electron chi connectivity index (χ4n) is 2.72. The second-order valence-electron chi connectivity index (χ2n) is 6.12. The second kappa shape index (κ2) is 8.54. The van der Waals surface area contributed by atoms with E-state index in [4.69, 9.17) is 0 Å². The van der Waals surface area contributed by atoms with Crippen molar-refractivity contribution >= 4 is 23.4 Å². The molecule has 4 aromatic rings. The predicted octanol–water partition coefficient (Wildman–Crippen LogP) is 4.73. The molecule has 0 atom stereocenters. The van der Waals surface area contributed by atoms with E-state index in [1.54, 1.807) is 4.68 Å². The fourth-order valence-corrected chi connectivity index (χ4v) is 3.67. The lowest BCUT2D eigenvalue weighted by atomic mass is 10.2. The molecule has 0 bridgehead atoms. The average molecular weight is 386 g/mol. The van der Waals surface area contributed by atoms with E-state index >= 15 is 0 Å². The number of nitrogens with zero attached hydrogens (tertiary/aromatic N) is 3. The number of anilines is 1. The molecule has 0 radical (unpaired) electrons. The molecule has 0 aliphatic rings. The fraction of sp³-hybridized carbons (Fsp3) is 0.0455. The number of aromatic nitrogens is 3. The summed E-state index contributed by atoms with van der Waals surface area (Å²) in [6.07, 6.45) is 0. The molecule has 0 unspecified atom stereocenters. The van der Waals surface area contributed by atoms with Gasteiger partial charge in [-0.3, -0.25) is 4.79 Å². The Hall–Kier alpha value is -3.38. The van der Waals surface area contributed by atoms with Crippen molar-refractivity contribution in [2.75, 3.05) is 5.32 Å². The molecule has 0 aliphatic heterocycles. The Morgan fingerprint density at radius 2 is 1.46 bits per heavy atom. The molecule has 0 spiro atoms. The van der Waals surface area contributed by atoms with Gasteiger partial charge in [-0.2, -0.15) is 0 Å². The summed E-state index contributed by atoms with van der Waals surface area (Å²) in [6, 6.07) is 29.3. The van der Waals surface area contributed by atoms with Crippen LogP contribution in [0.15, 0.2) is 101 Å². The first-order valence-electron chi connectivity index (χ1n) is 8.86. The molecule has 0 aliphatic carbocycles. The van der Waals surface area contributed by atoms with E-state index in [2.05, 4.69) is 15.6 Å². The largest absolute Gasteiger partial charge is 0.321 e. The van der Waals surface area contributed by atoms with Crippen molar-refractivity contribution < 1.29 is 4.79 Å². The van der Waals surface area contributed by atoms with Crippen molar-refractivity contribution in [3.8, 4) is 0 Å². The highest BCUT2D eigenvalue weighted by Crippen LogP contribution is 2.30. The van der Waals surface area contributed by atoms with Crippen molar-refractivity contribution in [1.82, 2.24) is 15.0 Å². The lowest BCUT2D eigenvalue weighted by molar-refractivity contribution is 0.101. The molecule has 0 saturated heterocycles. The highest BCUT2D eigenvalue weighted by molar-refractivity contribution is 7.99. The summed E-state index contributed by atoms with van der Waals surface area (Å²) in [5.74, 6) is -0.274. The highest BCUT2D eigenvalue weighted by atomic mass is 32.2. The first-order chi connectivity index (χ1) is 13.8. The third-order valence-electron chi connectivity index (χ3n) is 4.07. The first-order valence-corrected chi connectivity index (χ1v) is 9.68. The van der Waals surface area contributed by atoms with Gasteiger partial charge in [0.15, 0.2) is 5.69 Å². The summed E-state index contributed by atoms with van der Waals surface area (Å²) >= 11 is 1.48. The minimum absolute atomic E-state index is 0.274. The van der Waals surface area contributed by atoms with Crippen LogP contribution in [0.4, 0.5) is 5.69 Å². The van der Waals surface area contributed by atoms with Crippen LogP contribution in [0.1, 0.15) is 16.1 Å². The Balaban J connectivity index is 1.66. The molecule has 4 rings (SSSR count). The van der Waals surface area contributed by atoms with Crippen LogP contribution in [-0.4, -0.2) is 20.9 Å². The number of hydrogen-bond acceptors (Lipinski definition) is 4. The average Bonchev–Trinajstić information content (AvgIpc) is 3.12. The lowest BCUT2D eigenvalue weighted by Crippen LogP contribution is -2.14. The van der Waals surface area contributed by atoms with E-state index in [0.717, 1.165) is 16.1 Å². The van der Waals surface area contributed by atoms with Gasteiger partial charge in [-0.1, -0.05) is 83.7 Å². The van der Waals surface area contributed by atoms with E-state index in [9.17, 15) is 4.79 Å². The lowest BCUT2D eigenvalue weighted by Gasteiger charge is -2.08. The summed E-state index contributed by atoms with van der Waals surface area (Å²) < 4.78 is 1.77. The number of amides is 1. The maximum absolute atomic E-state index is 12.9. The van der Waals surface area contributed by atoms with Gasteiger partial charge in [-0.15, -0.1) is 5.10 Å². The SMILES string of the molecule is O=C(Nc1ccccc1)c1nnn(Cc2ccccc2)c1Sc1ccccc1. The Morgan fingerprint density at radius 3 is 2.14 bits per heavy atom. The van der Waals surface area contributed by atoms with Crippen LogP contribution in [-0.2, 0) is 6.54 Å². The monoisotopic (exact) mass is 386 g/mol. The maximum atomic E-state index is 12.9. The van der Waals surface area contributed by atoms with E-state index in [-0.39, 0.29) is 5.91 Å². The van der Waals surface area contributed by atoms with Crippen LogP contribution in [0.2, 0.25) is 0 Å². The molecule has 1 N–H and O–H groups in total. The normalized spacial score (nSPS) is 10.6. The number of rotatable bonds is 6. The standard InChI is InChI=1S/C22H18N4OS/c27-21(23-18-12-6-2-7-13-18)20-22(28-19-14-8-3-9-15-19)26(25-24-20)16-17-10-4-1-5-11-17/h1-15H,16H2,(H,23,27). The Bertz CT molecular complexity index is 1050. The zero-order valence-electron chi connectivity index (χ0n) is 15.0. The van der Waals surface area contributed by atoms with Crippen molar-refractivity contribution in [1.29, 1.82) is 0 Å². The van der Waals surface area contributed by atoms with Crippen molar-refractivity contribution in [2.24, 2.45) is 0 Å². The minimum Gasteiger partial charge on any atom is -0.321 e. The maximum Gasteiger partial charge on any atom is 0.279 e. The quantitative estimate of drug-likeness (QED) is 0.520. The van der Waals surface area contributed by atoms with Crippen molar-refractivity contribution in [2.45, 2.75) is 16.5 Å². The summed E-state index contributed by atoms with van der Waals surface area (Å²) in [7, 11) is 0. The van der Waals surface area contributed by atoms with Gasteiger partial charge < -0.3 is 5.32 Å². The molecule has 138 valence electrons. The zero-order valence-corrected chi connectivity index (χ0v) is 15.8. The van der Waals surface area contributed by atoms with Crippen LogP contribution in [0.3, 0.4) is 0 Å². The van der Waals surface area contributed by atoms with Gasteiger partial charge in [0, 0.05) is 10.6 Å². The minimum atomic E-state index is -0.274. The first kappa shape index (κ1) is 18.0. The number of hydrogen-bond donors (Lipinski definition) is 1. The molecule has 1 aromatic heterocycles. The van der Waals surface area contributed by atoms with Crippen LogP contribution in [0, 0.1) is 0 Å². The number of carbonyl (C=O) groups excluding carboxylic acids is 1. The Morgan fingerprint density at radius 1 is 0.857 bits per heavy atom. The van der Waals surface area contributed by atoms with Crippen molar-refractivity contribution in [3.63, 3.8) is 0 Å². The van der Waals surface area contributed by atoms with E-state index in [1.165, 1.54) is 11.8 Å². The van der Waals surface area contributed by atoms with E-state index < -0.39 is 0 Å². The summed E-state index contributed by atoms with van der Waals surface area (Å²) in [5, 5.41) is 12.0. The number of para-hydroxylation sites is 1. The molecule has 28 heavy (non-hydrogen) atoms. The van der Waals surface area contributed by atoms with Crippen molar-refractivity contribution in [3.05, 3.63) is 102 Å². The smallest absolute Gasteiger partial charge is 0.279 e. The predicted molar refractivity (Wildman–Crippen MR) is 111 cm³/mol. The third-order valence-corrected chi connectivity index (χ3v) is 5.17. The number of benzene rings is 3. The van der Waals surface area contributed by atoms with Crippen LogP contribution in [0.5, 0.6) is 0 Å². The van der Waals surface area contributed by atoms with Gasteiger partial charge in [-0.05, 0) is 29.8 Å². The molecule has 3 aromatic carbocycles. The summed E-state index contributed by atoms with van der Waals surface area (Å²) in [6.45, 7) is 0.543. The van der Waals surface area contributed by atoms with Gasteiger partial charge >= 0.3 is 0 Å². The molecule has 0 saturated carbocycles. The van der Waals surface area contributed by atoms with Gasteiger partial charge in [-0.25, -0.2) is 4.68 Å². The van der Waals surface area contributed by atoms with E-state index in [1.807, 2.05) is 91.0 Å². The van der Waals surface area contributed by atoms with Gasteiger partial charge in [0.05, 0.1) is 6.54 Å². The van der Waals surface area contributed by atoms with Crippen LogP contribution in [0.25, 0.3) is 0 Å².